The Morgan fingerprint density at radius 1 is 1.30 bits per heavy atom. The van der Waals surface area contributed by atoms with Gasteiger partial charge >= 0.3 is 12.0 Å². The Hall–Kier alpha value is -2.30. The SMILES string of the molecule is CCOC(=O)c1coc(N(C)c2cc(C)cc(C)c2)n1. The van der Waals surface area contributed by atoms with Crippen molar-refractivity contribution >= 4 is 17.7 Å². The molecule has 20 heavy (non-hydrogen) atoms. The Labute approximate surface area is 118 Å². The normalized spacial score (nSPS) is 10.4. The van der Waals surface area contributed by atoms with Crippen molar-refractivity contribution < 1.29 is 13.9 Å². The van der Waals surface area contributed by atoms with E-state index in [9.17, 15) is 4.79 Å². The van der Waals surface area contributed by atoms with Gasteiger partial charge in [0.25, 0.3) is 0 Å². The van der Waals surface area contributed by atoms with Gasteiger partial charge in [-0.05, 0) is 44.0 Å². The van der Waals surface area contributed by atoms with E-state index >= 15 is 0 Å². The lowest BCUT2D eigenvalue weighted by Gasteiger charge is -2.15. The Bertz CT molecular complexity index is 599. The van der Waals surface area contributed by atoms with Crippen LogP contribution in [0.15, 0.2) is 28.9 Å². The highest BCUT2D eigenvalue weighted by atomic mass is 16.5. The van der Waals surface area contributed by atoms with Crippen molar-refractivity contribution in [1.82, 2.24) is 4.98 Å². The van der Waals surface area contributed by atoms with Gasteiger partial charge in [0.2, 0.25) is 0 Å². The molecule has 1 aromatic carbocycles. The molecule has 0 N–H and O–H groups in total. The molecule has 2 aromatic rings. The molecule has 5 heteroatoms. The van der Waals surface area contributed by atoms with E-state index in [2.05, 4.69) is 11.1 Å². The van der Waals surface area contributed by atoms with E-state index in [4.69, 9.17) is 9.15 Å². The largest absolute Gasteiger partial charge is 0.461 e. The zero-order chi connectivity index (χ0) is 14.7. The fraction of sp³-hybridized carbons (Fsp3) is 0.333. The predicted molar refractivity (Wildman–Crippen MR) is 76.4 cm³/mol. The lowest BCUT2D eigenvalue weighted by atomic mass is 10.1. The standard InChI is InChI=1S/C15H18N2O3/c1-5-19-14(18)13-9-20-15(16-13)17(4)12-7-10(2)6-11(3)8-12/h6-9H,5H2,1-4H3. The Morgan fingerprint density at radius 3 is 2.55 bits per heavy atom. The molecule has 5 nitrogen and oxygen atoms in total. The van der Waals surface area contributed by atoms with Gasteiger partial charge in [0, 0.05) is 12.7 Å². The van der Waals surface area contributed by atoms with E-state index in [1.54, 1.807) is 11.8 Å². The van der Waals surface area contributed by atoms with Gasteiger partial charge in [0.1, 0.15) is 6.26 Å². The predicted octanol–water partition coefficient (Wildman–Crippen LogP) is 3.24. The summed E-state index contributed by atoms with van der Waals surface area (Å²) in [6, 6.07) is 6.51. The third kappa shape index (κ3) is 2.99. The lowest BCUT2D eigenvalue weighted by molar-refractivity contribution is 0.0519. The van der Waals surface area contributed by atoms with Gasteiger partial charge in [-0.1, -0.05) is 6.07 Å². The molecule has 0 aliphatic rings. The second-order valence-electron chi connectivity index (χ2n) is 4.64. The van der Waals surface area contributed by atoms with Crippen molar-refractivity contribution in [2.24, 2.45) is 0 Å². The maximum absolute atomic E-state index is 11.6. The molecule has 0 saturated heterocycles. The number of nitrogens with zero attached hydrogens (tertiary/aromatic N) is 2. The molecule has 1 aromatic heterocycles. The van der Waals surface area contributed by atoms with Gasteiger partial charge in [0.15, 0.2) is 5.69 Å². The monoisotopic (exact) mass is 274 g/mol. The van der Waals surface area contributed by atoms with Gasteiger partial charge in [-0.2, -0.15) is 4.98 Å². The zero-order valence-electron chi connectivity index (χ0n) is 12.1. The molecule has 0 aliphatic carbocycles. The first-order chi connectivity index (χ1) is 9.51. The number of aromatic nitrogens is 1. The minimum atomic E-state index is -0.476. The molecule has 0 radical (unpaired) electrons. The number of hydrogen-bond acceptors (Lipinski definition) is 5. The summed E-state index contributed by atoms with van der Waals surface area (Å²) >= 11 is 0. The molecule has 2 rings (SSSR count). The van der Waals surface area contributed by atoms with Crippen molar-refractivity contribution in [2.45, 2.75) is 20.8 Å². The van der Waals surface area contributed by atoms with Gasteiger partial charge in [-0.3, -0.25) is 4.90 Å². The molecule has 1 heterocycles. The van der Waals surface area contributed by atoms with Crippen LogP contribution in [0.1, 0.15) is 28.5 Å². The van der Waals surface area contributed by atoms with Crippen molar-refractivity contribution in [3.05, 3.63) is 41.3 Å². The number of oxazole rings is 1. The summed E-state index contributed by atoms with van der Waals surface area (Å²) in [6.45, 7) is 6.13. The molecule has 0 aliphatic heterocycles. The Balaban J connectivity index is 2.25. The first kappa shape index (κ1) is 14.1. The van der Waals surface area contributed by atoms with Gasteiger partial charge in [-0.25, -0.2) is 4.79 Å². The van der Waals surface area contributed by atoms with E-state index in [1.165, 1.54) is 6.26 Å². The van der Waals surface area contributed by atoms with Gasteiger partial charge in [-0.15, -0.1) is 0 Å². The summed E-state index contributed by atoms with van der Waals surface area (Å²) in [6.07, 6.45) is 1.31. The minimum Gasteiger partial charge on any atom is -0.461 e. The highest BCUT2D eigenvalue weighted by molar-refractivity contribution is 5.87. The summed E-state index contributed by atoms with van der Waals surface area (Å²) in [5.74, 6) is -0.476. The fourth-order valence-corrected chi connectivity index (χ4v) is 1.97. The number of hydrogen-bond donors (Lipinski definition) is 0. The maximum atomic E-state index is 11.6. The number of carbonyl (C=O) groups is 1. The molecule has 0 bridgehead atoms. The number of esters is 1. The third-order valence-corrected chi connectivity index (χ3v) is 2.86. The highest BCUT2D eigenvalue weighted by Crippen LogP contribution is 2.25. The smallest absolute Gasteiger partial charge is 0.360 e. The van der Waals surface area contributed by atoms with Crippen LogP contribution in [0.25, 0.3) is 0 Å². The molecule has 0 saturated carbocycles. The lowest BCUT2D eigenvalue weighted by Crippen LogP contribution is -2.11. The van der Waals surface area contributed by atoms with Crippen molar-refractivity contribution in [1.29, 1.82) is 0 Å². The van der Waals surface area contributed by atoms with Crippen LogP contribution >= 0.6 is 0 Å². The number of carbonyl (C=O) groups excluding carboxylic acids is 1. The summed E-state index contributed by atoms with van der Waals surface area (Å²) < 4.78 is 10.2. The second-order valence-corrected chi connectivity index (χ2v) is 4.64. The molecule has 0 atom stereocenters. The summed E-state index contributed by atoms with van der Waals surface area (Å²) in [4.78, 5) is 17.5. The van der Waals surface area contributed by atoms with Crippen LogP contribution < -0.4 is 4.90 Å². The number of anilines is 2. The van der Waals surface area contributed by atoms with Crippen LogP contribution in [-0.4, -0.2) is 24.6 Å². The van der Waals surface area contributed by atoms with E-state index in [1.807, 2.05) is 33.0 Å². The molecular weight excluding hydrogens is 256 g/mol. The van der Waals surface area contributed by atoms with Crippen molar-refractivity contribution in [2.75, 3.05) is 18.6 Å². The Morgan fingerprint density at radius 2 is 1.95 bits per heavy atom. The third-order valence-electron chi connectivity index (χ3n) is 2.86. The quantitative estimate of drug-likeness (QED) is 0.801. The Kier molecular flexibility index (Phi) is 4.08. The highest BCUT2D eigenvalue weighted by Gasteiger charge is 2.16. The summed E-state index contributed by atoms with van der Waals surface area (Å²) in [5, 5.41) is 0. The van der Waals surface area contributed by atoms with Crippen LogP contribution in [-0.2, 0) is 4.74 Å². The zero-order valence-corrected chi connectivity index (χ0v) is 12.1. The molecule has 0 unspecified atom stereocenters. The van der Waals surface area contributed by atoms with Crippen molar-refractivity contribution in [3.8, 4) is 0 Å². The number of aryl methyl sites for hydroxylation is 2. The van der Waals surface area contributed by atoms with Gasteiger partial charge in [0.05, 0.1) is 6.61 Å². The van der Waals surface area contributed by atoms with Crippen molar-refractivity contribution in [3.63, 3.8) is 0 Å². The number of ether oxygens (including phenoxy) is 1. The van der Waals surface area contributed by atoms with E-state index in [-0.39, 0.29) is 5.69 Å². The molecule has 0 fully saturated rings. The molecule has 0 spiro atoms. The fourth-order valence-electron chi connectivity index (χ4n) is 1.97. The van der Waals surface area contributed by atoms with Crippen LogP contribution in [0, 0.1) is 13.8 Å². The summed E-state index contributed by atoms with van der Waals surface area (Å²) in [7, 11) is 1.84. The van der Waals surface area contributed by atoms with Crippen LogP contribution in [0.3, 0.4) is 0 Å². The average Bonchev–Trinajstić information content (AvgIpc) is 2.86. The number of benzene rings is 1. The van der Waals surface area contributed by atoms with Crippen LogP contribution in [0.5, 0.6) is 0 Å². The minimum absolute atomic E-state index is 0.179. The molecular formula is C15H18N2O3. The van der Waals surface area contributed by atoms with Crippen LogP contribution in [0.4, 0.5) is 11.7 Å². The maximum Gasteiger partial charge on any atom is 0.360 e. The summed E-state index contributed by atoms with van der Waals surface area (Å²) in [5.41, 5.74) is 3.45. The van der Waals surface area contributed by atoms with E-state index in [0.717, 1.165) is 16.8 Å². The molecule has 0 amide bonds. The second kappa shape index (κ2) is 5.77. The van der Waals surface area contributed by atoms with Gasteiger partial charge < -0.3 is 9.15 Å². The molecule has 106 valence electrons. The first-order valence-corrected chi connectivity index (χ1v) is 6.46. The average molecular weight is 274 g/mol. The van der Waals surface area contributed by atoms with E-state index < -0.39 is 5.97 Å². The van der Waals surface area contributed by atoms with E-state index in [0.29, 0.717) is 12.6 Å². The number of rotatable bonds is 4. The first-order valence-electron chi connectivity index (χ1n) is 6.46. The topological polar surface area (TPSA) is 55.6 Å². The van der Waals surface area contributed by atoms with Crippen LogP contribution in [0.2, 0.25) is 0 Å².